The number of aryl methyl sites for hydroxylation is 3. The summed E-state index contributed by atoms with van der Waals surface area (Å²) in [7, 11) is 0. The van der Waals surface area contributed by atoms with Crippen molar-refractivity contribution in [2.24, 2.45) is 5.41 Å². The highest BCUT2D eigenvalue weighted by Gasteiger charge is 2.43. The maximum atomic E-state index is 5.07. The van der Waals surface area contributed by atoms with E-state index in [1.807, 2.05) is 6.08 Å². The van der Waals surface area contributed by atoms with Crippen molar-refractivity contribution in [3.8, 4) is 11.1 Å². The molecule has 58 heavy (non-hydrogen) atoms. The average molecular weight is 765 g/mol. The molecule has 0 heteroatoms. The van der Waals surface area contributed by atoms with E-state index in [0.717, 1.165) is 37.7 Å². The first kappa shape index (κ1) is 42.7. The van der Waals surface area contributed by atoms with Crippen LogP contribution in [0.4, 0.5) is 0 Å². The van der Waals surface area contributed by atoms with Gasteiger partial charge in [-0.3, -0.25) is 0 Å². The minimum absolute atomic E-state index is 0.00686. The van der Waals surface area contributed by atoms with E-state index >= 15 is 0 Å². The third kappa shape index (κ3) is 8.18. The Morgan fingerprint density at radius 1 is 0.793 bits per heavy atom. The second kappa shape index (κ2) is 16.7. The van der Waals surface area contributed by atoms with Crippen LogP contribution in [0.2, 0.25) is 0 Å². The van der Waals surface area contributed by atoms with Crippen LogP contribution in [0, 0.1) is 12.3 Å². The largest absolute Gasteiger partial charge is 0.0991 e. The molecular formula is C58H68. The molecule has 0 atom stereocenters. The van der Waals surface area contributed by atoms with E-state index in [2.05, 4.69) is 193 Å². The van der Waals surface area contributed by atoms with E-state index in [4.69, 9.17) is 6.58 Å². The second-order valence-corrected chi connectivity index (χ2v) is 19.3. The predicted octanol–water partition coefficient (Wildman–Crippen LogP) is 16.7. The Hall–Kier alpha value is -4.94. The van der Waals surface area contributed by atoms with Crippen molar-refractivity contribution in [2.45, 2.75) is 126 Å². The first-order valence-corrected chi connectivity index (χ1v) is 21.8. The SMILES string of the molecule is C=C/C=C(\C=C(/C)c1cc(C(C)(C)C)ccc1-c1ccc2c(c1C(=C)/C=C(\C=C/CCC)c1c(C)cccc1CC)C(C)(C)C1=C2CCc2ccccc21)C(C)(C)C. The summed E-state index contributed by atoms with van der Waals surface area (Å²) in [4.78, 5) is 0. The van der Waals surface area contributed by atoms with Crippen LogP contribution >= 0.6 is 0 Å². The number of unbranched alkanes of at least 4 members (excludes halogenated alkanes) is 1. The standard InChI is InChI=1S/C58H68/c1-15-18-19-26-43(52-38(4)24-22-27-41(52)17-3)35-40(6)53-48(33-34-50-49-31-29-42-25-20-21-28-46(42)54(49)58(13,14)55(50)53)47-32-30-45(57(10,11)12)37-51(47)39(5)36-44(23-16-2)56(7,8)9/h16,19-28,30,32-37H,2,6,15,17-18,29,31H2,1,3-5,7-14H3/b26-19-,39-36+,43-35+,44-23+. The lowest BCUT2D eigenvalue weighted by molar-refractivity contribution is 0.517. The minimum Gasteiger partial charge on any atom is -0.0991 e. The van der Waals surface area contributed by atoms with Gasteiger partial charge in [-0.15, -0.1) is 0 Å². The van der Waals surface area contributed by atoms with Crippen LogP contribution in [0.3, 0.4) is 0 Å². The van der Waals surface area contributed by atoms with Crippen LogP contribution in [-0.2, 0) is 23.7 Å². The van der Waals surface area contributed by atoms with E-state index in [1.165, 1.54) is 94.6 Å². The minimum atomic E-state index is -0.235. The van der Waals surface area contributed by atoms with Crippen molar-refractivity contribution in [2.75, 3.05) is 0 Å². The summed E-state index contributed by atoms with van der Waals surface area (Å²) in [6, 6.07) is 27.9. The van der Waals surface area contributed by atoms with Crippen molar-refractivity contribution in [3.63, 3.8) is 0 Å². The monoisotopic (exact) mass is 765 g/mol. The Morgan fingerprint density at radius 2 is 1.50 bits per heavy atom. The Morgan fingerprint density at radius 3 is 2.17 bits per heavy atom. The van der Waals surface area contributed by atoms with Gasteiger partial charge in [0.15, 0.2) is 0 Å². The highest BCUT2D eigenvalue weighted by Crippen LogP contribution is 2.58. The summed E-state index contributed by atoms with van der Waals surface area (Å²) in [5.41, 5.74) is 23.5. The van der Waals surface area contributed by atoms with E-state index < -0.39 is 0 Å². The molecule has 0 unspecified atom stereocenters. The molecule has 0 saturated heterocycles. The number of benzene rings is 4. The predicted molar refractivity (Wildman–Crippen MR) is 258 cm³/mol. The van der Waals surface area contributed by atoms with Crippen LogP contribution in [0.1, 0.15) is 151 Å². The second-order valence-electron chi connectivity index (χ2n) is 19.3. The highest BCUT2D eigenvalue weighted by molar-refractivity contribution is 6.07. The Bertz CT molecular complexity index is 2410. The van der Waals surface area contributed by atoms with Crippen LogP contribution in [0.5, 0.6) is 0 Å². The molecule has 0 amide bonds. The number of allylic oxidation sites excluding steroid dienone is 12. The smallest absolute Gasteiger partial charge is 0.0167 e. The van der Waals surface area contributed by atoms with Crippen LogP contribution in [0.15, 0.2) is 128 Å². The molecule has 0 heterocycles. The van der Waals surface area contributed by atoms with Gasteiger partial charge in [-0.25, -0.2) is 0 Å². The zero-order valence-corrected chi connectivity index (χ0v) is 37.8. The fourth-order valence-corrected chi connectivity index (χ4v) is 9.50. The Labute approximate surface area is 352 Å². The van der Waals surface area contributed by atoms with Gasteiger partial charge in [0, 0.05) is 5.41 Å². The summed E-state index contributed by atoms with van der Waals surface area (Å²) in [5, 5.41) is 0. The lowest BCUT2D eigenvalue weighted by Crippen LogP contribution is -2.20. The molecule has 0 aliphatic heterocycles. The van der Waals surface area contributed by atoms with E-state index in [9.17, 15) is 0 Å². The van der Waals surface area contributed by atoms with Crippen molar-refractivity contribution in [1.82, 2.24) is 0 Å². The molecule has 0 spiro atoms. The number of hydrogen-bond acceptors (Lipinski definition) is 0. The van der Waals surface area contributed by atoms with Crippen LogP contribution in [-0.4, -0.2) is 0 Å². The van der Waals surface area contributed by atoms with Gasteiger partial charge in [0.1, 0.15) is 0 Å². The molecule has 4 aromatic carbocycles. The topological polar surface area (TPSA) is 0 Å². The summed E-state index contributed by atoms with van der Waals surface area (Å²) in [6.07, 6.45) is 18.8. The third-order valence-electron chi connectivity index (χ3n) is 12.6. The fraction of sp³-hybridized carbons (Fsp3) is 0.345. The van der Waals surface area contributed by atoms with Gasteiger partial charge in [0.05, 0.1) is 0 Å². The number of rotatable bonds is 11. The molecule has 2 aliphatic carbocycles. The molecule has 0 nitrogen and oxygen atoms in total. The third-order valence-corrected chi connectivity index (χ3v) is 12.6. The summed E-state index contributed by atoms with van der Waals surface area (Å²) in [6.45, 7) is 37.0. The first-order chi connectivity index (χ1) is 27.4. The van der Waals surface area contributed by atoms with Gasteiger partial charge in [-0.2, -0.15) is 0 Å². The highest BCUT2D eigenvalue weighted by atomic mass is 14.5. The normalized spacial score (nSPS) is 15.8. The molecule has 0 saturated carbocycles. The molecule has 0 N–H and O–H groups in total. The molecule has 0 radical (unpaired) electrons. The van der Waals surface area contributed by atoms with E-state index in [-0.39, 0.29) is 16.2 Å². The molecule has 0 bridgehead atoms. The van der Waals surface area contributed by atoms with Gasteiger partial charge in [0.25, 0.3) is 0 Å². The molecule has 0 fully saturated rings. The first-order valence-electron chi connectivity index (χ1n) is 21.8. The Balaban J connectivity index is 1.71. The van der Waals surface area contributed by atoms with Crippen molar-refractivity contribution in [1.29, 1.82) is 0 Å². The average Bonchev–Trinajstić information content (AvgIpc) is 3.42. The van der Waals surface area contributed by atoms with Crippen molar-refractivity contribution in [3.05, 3.63) is 184 Å². The van der Waals surface area contributed by atoms with Gasteiger partial charge in [-0.05, 0) is 157 Å². The Kier molecular flexibility index (Phi) is 12.3. The van der Waals surface area contributed by atoms with Crippen LogP contribution in [0.25, 0.3) is 39.0 Å². The lowest BCUT2D eigenvalue weighted by atomic mass is 9.72. The fourth-order valence-electron chi connectivity index (χ4n) is 9.50. The van der Waals surface area contributed by atoms with Crippen molar-refractivity contribution < 1.29 is 0 Å². The lowest BCUT2D eigenvalue weighted by Gasteiger charge is -2.31. The van der Waals surface area contributed by atoms with E-state index in [1.54, 1.807) is 0 Å². The van der Waals surface area contributed by atoms with Gasteiger partial charge < -0.3 is 0 Å². The molecule has 6 rings (SSSR count). The summed E-state index contributed by atoms with van der Waals surface area (Å²) < 4.78 is 0. The summed E-state index contributed by atoms with van der Waals surface area (Å²) in [5.74, 6) is 0. The van der Waals surface area contributed by atoms with Gasteiger partial charge in [0.2, 0.25) is 0 Å². The number of fused-ring (bicyclic) bond motifs is 4. The van der Waals surface area contributed by atoms with Gasteiger partial charge in [-0.1, -0.05) is 192 Å². The maximum absolute atomic E-state index is 5.07. The van der Waals surface area contributed by atoms with Crippen molar-refractivity contribution >= 4 is 27.9 Å². The molecule has 300 valence electrons. The van der Waals surface area contributed by atoms with E-state index in [0.29, 0.717) is 0 Å². The molecule has 0 aromatic heterocycles. The zero-order chi connectivity index (χ0) is 42.2. The molecule has 2 aliphatic rings. The number of hydrogen-bond donors (Lipinski definition) is 0. The molecule has 4 aromatic rings. The van der Waals surface area contributed by atoms with Gasteiger partial charge >= 0.3 is 0 Å². The quantitative estimate of drug-likeness (QED) is 0.133. The molecular weight excluding hydrogens is 697 g/mol. The maximum Gasteiger partial charge on any atom is 0.0167 e. The zero-order valence-electron chi connectivity index (χ0n) is 37.8. The van der Waals surface area contributed by atoms with Crippen LogP contribution < -0.4 is 0 Å². The summed E-state index contributed by atoms with van der Waals surface area (Å²) >= 11 is 0.